The van der Waals surface area contributed by atoms with Crippen molar-refractivity contribution in [3.8, 4) is 28.9 Å². The lowest BCUT2D eigenvalue weighted by atomic mass is 10.2. The molecule has 0 aliphatic carbocycles. The first-order chi connectivity index (χ1) is 15.2. The van der Waals surface area contributed by atoms with Crippen molar-refractivity contribution in [3.63, 3.8) is 0 Å². The topological polar surface area (TPSA) is 114 Å². The highest BCUT2D eigenvalue weighted by Crippen LogP contribution is 2.28. The van der Waals surface area contributed by atoms with E-state index in [1.807, 2.05) is 0 Å². The number of aromatic nitrogens is 4. The molecule has 10 nitrogen and oxygen atoms in total. The quantitative estimate of drug-likeness (QED) is 0.481. The Hall–Kier alpha value is -4.34. The third-order valence-corrected chi connectivity index (χ3v) is 4.24. The number of methoxy groups -OCH3 is 2. The number of furan rings is 1. The predicted molar refractivity (Wildman–Crippen MR) is 110 cm³/mol. The fourth-order valence-electron chi connectivity index (χ4n) is 2.80. The smallest absolute Gasteiger partial charge is 0.413 e. The molecular weight excluding hydrogens is 402 g/mol. The van der Waals surface area contributed by atoms with Gasteiger partial charge in [0.05, 0.1) is 20.5 Å². The molecule has 10 heteroatoms. The molecule has 0 radical (unpaired) electrons. The van der Waals surface area contributed by atoms with Crippen molar-refractivity contribution in [1.82, 2.24) is 19.7 Å². The van der Waals surface area contributed by atoms with Gasteiger partial charge in [-0.25, -0.2) is 19.4 Å². The zero-order valence-corrected chi connectivity index (χ0v) is 16.8. The molecular formula is C21H19N5O5. The van der Waals surface area contributed by atoms with E-state index in [-0.39, 0.29) is 12.4 Å². The molecule has 0 bridgehead atoms. The highest BCUT2D eigenvalue weighted by atomic mass is 16.5. The van der Waals surface area contributed by atoms with Crippen LogP contribution in [0.15, 0.2) is 65.5 Å². The van der Waals surface area contributed by atoms with Gasteiger partial charge >= 0.3 is 6.09 Å². The number of anilines is 1. The van der Waals surface area contributed by atoms with Gasteiger partial charge in [-0.3, -0.25) is 5.32 Å². The van der Waals surface area contributed by atoms with Gasteiger partial charge in [-0.2, -0.15) is 5.10 Å². The fraction of sp³-hybridized carbons (Fsp3) is 0.143. The van der Waals surface area contributed by atoms with Crippen LogP contribution in [0, 0.1) is 0 Å². The van der Waals surface area contributed by atoms with Crippen LogP contribution in [0.3, 0.4) is 0 Å². The first-order valence-electron chi connectivity index (χ1n) is 9.24. The molecule has 1 amide bonds. The molecule has 4 aromatic rings. The molecule has 31 heavy (non-hydrogen) atoms. The number of hydrogen-bond acceptors (Lipinski definition) is 8. The standard InChI is InChI=1S/C21H19N5O5/c1-28-15-7-6-14(11-17(15)29-2)13-31-21(27)24-18-12-19(26-9-4-8-22-26)25-20(23-18)16-5-3-10-30-16/h3-12H,13H2,1-2H3,(H,23,24,25,27). The van der Waals surface area contributed by atoms with Crippen molar-refractivity contribution in [3.05, 3.63) is 66.7 Å². The van der Waals surface area contributed by atoms with Gasteiger partial charge in [0, 0.05) is 18.5 Å². The monoisotopic (exact) mass is 421 g/mol. The second kappa shape index (κ2) is 8.99. The van der Waals surface area contributed by atoms with Crippen LogP contribution in [0.25, 0.3) is 17.4 Å². The molecule has 158 valence electrons. The van der Waals surface area contributed by atoms with Crippen molar-refractivity contribution < 1.29 is 23.4 Å². The zero-order chi connectivity index (χ0) is 21.6. The molecule has 3 heterocycles. The Kier molecular flexibility index (Phi) is 5.79. The van der Waals surface area contributed by atoms with Crippen LogP contribution in [-0.4, -0.2) is 40.1 Å². The second-order valence-corrected chi connectivity index (χ2v) is 6.25. The van der Waals surface area contributed by atoms with Crippen LogP contribution >= 0.6 is 0 Å². The number of amides is 1. The highest BCUT2D eigenvalue weighted by Gasteiger charge is 2.14. The Morgan fingerprint density at radius 1 is 1.10 bits per heavy atom. The van der Waals surface area contributed by atoms with Crippen LogP contribution in [0.5, 0.6) is 11.5 Å². The summed E-state index contributed by atoms with van der Waals surface area (Å²) in [6.45, 7) is 0.0360. The molecule has 3 aromatic heterocycles. The molecule has 4 rings (SSSR count). The fourth-order valence-corrected chi connectivity index (χ4v) is 2.80. The van der Waals surface area contributed by atoms with Crippen molar-refractivity contribution in [1.29, 1.82) is 0 Å². The largest absolute Gasteiger partial charge is 0.493 e. The van der Waals surface area contributed by atoms with E-state index in [2.05, 4.69) is 20.4 Å². The minimum atomic E-state index is -0.676. The van der Waals surface area contributed by atoms with Crippen LogP contribution < -0.4 is 14.8 Å². The minimum Gasteiger partial charge on any atom is -0.493 e. The van der Waals surface area contributed by atoms with Gasteiger partial charge in [-0.1, -0.05) is 6.07 Å². The molecule has 0 aliphatic heterocycles. The summed E-state index contributed by atoms with van der Waals surface area (Å²) >= 11 is 0. The molecule has 0 aliphatic rings. The summed E-state index contributed by atoms with van der Waals surface area (Å²) in [7, 11) is 3.09. The number of rotatable bonds is 7. The molecule has 0 atom stereocenters. The number of nitrogens with zero attached hydrogens (tertiary/aromatic N) is 4. The first kappa shape index (κ1) is 20.0. The van der Waals surface area contributed by atoms with Gasteiger partial charge in [-0.15, -0.1) is 0 Å². The lowest BCUT2D eigenvalue weighted by Crippen LogP contribution is -2.15. The van der Waals surface area contributed by atoms with E-state index in [4.69, 9.17) is 18.6 Å². The van der Waals surface area contributed by atoms with Gasteiger partial charge in [0.25, 0.3) is 0 Å². The number of hydrogen-bond donors (Lipinski definition) is 1. The van der Waals surface area contributed by atoms with E-state index < -0.39 is 6.09 Å². The van der Waals surface area contributed by atoms with Gasteiger partial charge < -0.3 is 18.6 Å². The number of carbonyl (C=O) groups is 1. The van der Waals surface area contributed by atoms with E-state index in [9.17, 15) is 4.79 Å². The third-order valence-electron chi connectivity index (χ3n) is 4.24. The number of carbonyl (C=O) groups excluding carboxylic acids is 1. The second-order valence-electron chi connectivity index (χ2n) is 6.25. The lowest BCUT2D eigenvalue weighted by molar-refractivity contribution is 0.155. The Morgan fingerprint density at radius 3 is 2.68 bits per heavy atom. The van der Waals surface area contributed by atoms with E-state index in [1.54, 1.807) is 66.6 Å². The maximum absolute atomic E-state index is 12.4. The van der Waals surface area contributed by atoms with Crippen LogP contribution in [0.4, 0.5) is 10.6 Å². The van der Waals surface area contributed by atoms with Gasteiger partial charge in [0.15, 0.2) is 28.9 Å². The molecule has 1 aromatic carbocycles. The maximum Gasteiger partial charge on any atom is 0.413 e. The summed E-state index contributed by atoms with van der Waals surface area (Å²) < 4.78 is 22.7. The summed E-state index contributed by atoms with van der Waals surface area (Å²) in [5, 5.41) is 6.78. The Morgan fingerprint density at radius 2 is 1.97 bits per heavy atom. The Balaban J connectivity index is 1.50. The van der Waals surface area contributed by atoms with E-state index in [0.29, 0.717) is 28.9 Å². The minimum absolute atomic E-state index is 0.0360. The van der Waals surface area contributed by atoms with Crippen LogP contribution in [0.2, 0.25) is 0 Å². The summed E-state index contributed by atoms with van der Waals surface area (Å²) in [4.78, 5) is 21.1. The first-order valence-corrected chi connectivity index (χ1v) is 9.24. The van der Waals surface area contributed by atoms with E-state index in [0.717, 1.165) is 5.56 Å². The van der Waals surface area contributed by atoms with Gasteiger partial charge in [0.1, 0.15) is 12.4 Å². The van der Waals surface area contributed by atoms with Crippen molar-refractivity contribution in [2.75, 3.05) is 19.5 Å². The predicted octanol–water partition coefficient (Wildman–Crippen LogP) is 3.69. The third kappa shape index (κ3) is 4.64. The molecule has 0 saturated carbocycles. The average molecular weight is 421 g/mol. The molecule has 0 saturated heterocycles. The zero-order valence-electron chi connectivity index (χ0n) is 16.8. The van der Waals surface area contributed by atoms with Crippen molar-refractivity contribution in [2.45, 2.75) is 6.61 Å². The Labute approximate surface area is 177 Å². The summed E-state index contributed by atoms with van der Waals surface area (Å²) in [5.74, 6) is 2.59. The molecule has 0 unspecified atom stereocenters. The molecule has 1 N–H and O–H groups in total. The van der Waals surface area contributed by atoms with Crippen LogP contribution in [0.1, 0.15) is 5.56 Å². The number of ether oxygens (including phenoxy) is 3. The summed E-state index contributed by atoms with van der Waals surface area (Å²) in [6.07, 6.45) is 4.20. The Bertz CT molecular complexity index is 1110. The number of nitrogens with one attached hydrogen (secondary N) is 1. The summed E-state index contributed by atoms with van der Waals surface area (Å²) in [6, 6.07) is 12.1. The lowest BCUT2D eigenvalue weighted by Gasteiger charge is -2.11. The number of benzene rings is 1. The van der Waals surface area contributed by atoms with Crippen molar-refractivity contribution >= 4 is 11.9 Å². The summed E-state index contributed by atoms with van der Waals surface area (Å²) in [5.41, 5.74) is 0.740. The molecule has 0 spiro atoms. The maximum atomic E-state index is 12.4. The van der Waals surface area contributed by atoms with E-state index >= 15 is 0 Å². The normalized spacial score (nSPS) is 10.5. The van der Waals surface area contributed by atoms with Gasteiger partial charge in [0.2, 0.25) is 0 Å². The average Bonchev–Trinajstić information content (AvgIpc) is 3.52. The highest BCUT2D eigenvalue weighted by molar-refractivity contribution is 5.83. The van der Waals surface area contributed by atoms with Crippen LogP contribution in [-0.2, 0) is 11.3 Å². The van der Waals surface area contributed by atoms with Crippen molar-refractivity contribution in [2.24, 2.45) is 0 Å². The van der Waals surface area contributed by atoms with Gasteiger partial charge in [-0.05, 0) is 35.9 Å². The molecule has 0 fully saturated rings. The van der Waals surface area contributed by atoms with E-state index in [1.165, 1.54) is 13.4 Å². The SMILES string of the molecule is COc1ccc(COC(=O)Nc2cc(-n3cccn3)nc(-c3ccco3)n2)cc1OC.